The minimum absolute atomic E-state index is 0.0298. The maximum absolute atomic E-state index is 15.0. The third kappa shape index (κ3) is 3.55. The van der Waals surface area contributed by atoms with Crippen molar-refractivity contribution in [3.05, 3.63) is 11.1 Å². The Morgan fingerprint density at radius 2 is 2.20 bits per heavy atom. The van der Waals surface area contributed by atoms with E-state index in [0.717, 1.165) is 38.8 Å². The molecule has 1 N–H and O–H groups in total. The Bertz CT molecular complexity index is 656. The zero-order valence-corrected chi connectivity index (χ0v) is 15.5. The van der Waals surface area contributed by atoms with Crippen LogP contribution in [0.2, 0.25) is 5.28 Å². The van der Waals surface area contributed by atoms with Gasteiger partial charge in [0, 0.05) is 30.7 Å². The van der Waals surface area contributed by atoms with E-state index in [9.17, 15) is 0 Å². The Morgan fingerprint density at radius 1 is 1.40 bits per heavy atom. The molecule has 2 atom stereocenters. The minimum Gasteiger partial charge on any atom is -0.474 e. The van der Waals surface area contributed by atoms with Crippen molar-refractivity contribution in [2.24, 2.45) is 0 Å². The van der Waals surface area contributed by atoms with Crippen LogP contribution in [0.25, 0.3) is 0 Å². The molecule has 2 aliphatic heterocycles. The van der Waals surface area contributed by atoms with Gasteiger partial charge in [0.2, 0.25) is 11.1 Å². The van der Waals surface area contributed by atoms with E-state index in [1.165, 1.54) is 0 Å². The predicted molar refractivity (Wildman–Crippen MR) is 94.9 cm³/mol. The summed E-state index contributed by atoms with van der Waals surface area (Å²) in [6.45, 7) is 5.01. The zero-order valence-electron chi connectivity index (χ0n) is 14.8. The lowest BCUT2D eigenvalue weighted by Gasteiger charge is -2.39. The van der Waals surface area contributed by atoms with Crippen molar-refractivity contribution in [2.45, 2.75) is 50.2 Å². The van der Waals surface area contributed by atoms with E-state index in [1.807, 2.05) is 4.90 Å². The van der Waals surface area contributed by atoms with Crippen molar-refractivity contribution in [1.29, 1.82) is 0 Å². The number of nitrogens with zero attached hydrogens (tertiary/aromatic N) is 4. The third-order valence-electron chi connectivity index (χ3n) is 5.55. The molecule has 2 saturated heterocycles. The monoisotopic (exact) mass is 369 g/mol. The van der Waals surface area contributed by atoms with E-state index >= 15 is 4.39 Å². The molecule has 1 spiro atoms. The van der Waals surface area contributed by atoms with E-state index in [-0.39, 0.29) is 28.6 Å². The number of likely N-dealkylation sites (N-methyl/N-ethyl adjacent to an activating group) is 1. The summed E-state index contributed by atoms with van der Waals surface area (Å²) in [7, 11) is 2.06. The third-order valence-corrected chi connectivity index (χ3v) is 5.72. The molecule has 25 heavy (non-hydrogen) atoms. The molecule has 1 aromatic heterocycles. The van der Waals surface area contributed by atoms with Crippen LogP contribution >= 0.6 is 11.6 Å². The van der Waals surface area contributed by atoms with Crippen molar-refractivity contribution in [1.82, 2.24) is 20.2 Å². The van der Waals surface area contributed by atoms with Gasteiger partial charge in [0.15, 0.2) is 5.82 Å². The predicted octanol–water partition coefficient (Wildman–Crippen LogP) is 2.07. The first-order valence-electron chi connectivity index (χ1n) is 9.04. The molecule has 1 saturated carbocycles. The molecule has 3 heterocycles. The second-order valence-electron chi connectivity index (χ2n) is 7.73. The topological polar surface area (TPSA) is 53.5 Å². The summed E-state index contributed by atoms with van der Waals surface area (Å²) in [6, 6.07) is 0.575. The SMILES string of the molecule is C[C@H]1CN(c2nc(Cl)nc(OC[C@@H]3CCCN3C)c2F)CC2(CC2)N1. The molecule has 1 aliphatic carbocycles. The number of halogens is 2. The van der Waals surface area contributed by atoms with Crippen molar-refractivity contribution in [3.63, 3.8) is 0 Å². The Balaban J connectivity index is 1.53. The summed E-state index contributed by atoms with van der Waals surface area (Å²) in [5.41, 5.74) is 0.106. The molecule has 0 radical (unpaired) electrons. The van der Waals surface area contributed by atoms with Gasteiger partial charge in [-0.3, -0.25) is 0 Å². The minimum atomic E-state index is -0.505. The van der Waals surface area contributed by atoms with Crippen LogP contribution in [0.1, 0.15) is 32.6 Å². The van der Waals surface area contributed by atoms with Crippen molar-refractivity contribution in [2.75, 3.05) is 38.2 Å². The molecule has 0 unspecified atom stereocenters. The number of aromatic nitrogens is 2. The van der Waals surface area contributed by atoms with E-state index in [2.05, 4.69) is 34.2 Å². The molecule has 138 valence electrons. The number of nitrogens with one attached hydrogen (secondary N) is 1. The fraction of sp³-hybridized carbons (Fsp3) is 0.765. The molecular weight excluding hydrogens is 345 g/mol. The van der Waals surface area contributed by atoms with Gasteiger partial charge in [-0.2, -0.15) is 14.4 Å². The van der Waals surface area contributed by atoms with Gasteiger partial charge in [-0.05, 0) is 57.8 Å². The summed E-state index contributed by atoms with van der Waals surface area (Å²) in [6.07, 6.45) is 4.43. The average molecular weight is 370 g/mol. The summed E-state index contributed by atoms with van der Waals surface area (Å²) >= 11 is 6.07. The maximum Gasteiger partial charge on any atom is 0.257 e. The van der Waals surface area contributed by atoms with Crippen molar-refractivity contribution in [3.8, 4) is 5.88 Å². The molecule has 0 bridgehead atoms. The Kier molecular flexibility index (Phi) is 4.50. The summed E-state index contributed by atoms with van der Waals surface area (Å²) in [5, 5.41) is 3.63. The Hall–Kier alpha value is -1.18. The molecule has 4 rings (SSSR count). The molecule has 0 amide bonds. The van der Waals surface area contributed by atoms with Gasteiger partial charge in [-0.1, -0.05) is 0 Å². The second-order valence-corrected chi connectivity index (χ2v) is 8.07. The van der Waals surface area contributed by atoms with Crippen LogP contribution in [0.4, 0.5) is 10.2 Å². The first kappa shape index (κ1) is 17.2. The van der Waals surface area contributed by atoms with Gasteiger partial charge >= 0.3 is 0 Å². The van der Waals surface area contributed by atoms with Crippen LogP contribution < -0.4 is 15.0 Å². The summed E-state index contributed by atoms with van der Waals surface area (Å²) in [5.74, 6) is -0.282. The normalized spacial score (nSPS) is 28.6. The molecular formula is C17H25ClFN5O. The van der Waals surface area contributed by atoms with Gasteiger partial charge in [-0.25, -0.2) is 0 Å². The van der Waals surface area contributed by atoms with Crippen LogP contribution in [0.15, 0.2) is 0 Å². The lowest BCUT2D eigenvalue weighted by molar-refractivity contribution is 0.187. The summed E-state index contributed by atoms with van der Waals surface area (Å²) in [4.78, 5) is 12.4. The van der Waals surface area contributed by atoms with Crippen LogP contribution in [0.5, 0.6) is 5.88 Å². The van der Waals surface area contributed by atoms with Crippen molar-refractivity contribution < 1.29 is 9.13 Å². The summed E-state index contributed by atoms with van der Waals surface area (Å²) < 4.78 is 20.7. The van der Waals surface area contributed by atoms with Gasteiger partial charge in [-0.15, -0.1) is 0 Å². The van der Waals surface area contributed by atoms with Gasteiger partial charge in [0.05, 0.1) is 0 Å². The maximum atomic E-state index is 15.0. The van der Waals surface area contributed by atoms with Crippen LogP contribution in [-0.4, -0.2) is 65.8 Å². The van der Waals surface area contributed by atoms with E-state index in [0.29, 0.717) is 19.2 Å². The molecule has 3 fully saturated rings. The van der Waals surface area contributed by atoms with E-state index in [1.54, 1.807) is 0 Å². The van der Waals surface area contributed by atoms with Gasteiger partial charge in [0.25, 0.3) is 5.88 Å². The number of ether oxygens (including phenoxy) is 1. The standard InChI is InChI=1S/C17H25ClFN5O/c1-11-8-24(10-17(22-11)5-6-17)14-13(19)15(21-16(18)20-14)25-9-12-4-3-7-23(12)2/h11-12,22H,3-10H2,1-2H3/t11-,12-/m0/s1. The van der Waals surface area contributed by atoms with E-state index in [4.69, 9.17) is 16.3 Å². The Morgan fingerprint density at radius 3 is 2.88 bits per heavy atom. The largest absolute Gasteiger partial charge is 0.474 e. The number of anilines is 1. The molecule has 3 aliphatic rings. The lowest BCUT2D eigenvalue weighted by atomic mass is 10.1. The highest BCUT2D eigenvalue weighted by Crippen LogP contribution is 2.40. The molecule has 1 aromatic rings. The highest BCUT2D eigenvalue weighted by Gasteiger charge is 2.48. The number of hydrogen-bond acceptors (Lipinski definition) is 6. The van der Waals surface area contributed by atoms with Crippen molar-refractivity contribution >= 4 is 17.4 Å². The first-order valence-corrected chi connectivity index (χ1v) is 9.42. The number of hydrogen-bond donors (Lipinski definition) is 1. The molecule has 0 aromatic carbocycles. The van der Waals surface area contributed by atoms with Gasteiger partial charge < -0.3 is 19.9 Å². The fourth-order valence-electron chi connectivity index (χ4n) is 4.05. The highest BCUT2D eigenvalue weighted by atomic mass is 35.5. The van der Waals surface area contributed by atoms with E-state index < -0.39 is 5.82 Å². The van der Waals surface area contributed by atoms with Crippen LogP contribution in [0, 0.1) is 5.82 Å². The number of rotatable bonds is 4. The fourth-order valence-corrected chi connectivity index (χ4v) is 4.21. The van der Waals surface area contributed by atoms with Crippen LogP contribution in [-0.2, 0) is 0 Å². The number of likely N-dealkylation sites (tertiary alicyclic amines) is 1. The highest BCUT2D eigenvalue weighted by molar-refractivity contribution is 6.28. The smallest absolute Gasteiger partial charge is 0.257 e. The zero-order chi connectivity index (χ0) is 17.6. The molecule has 6 nitrogen and oxygen atoms in total. The molecule has 8 heteroatoms. The van der Waals surface area contributed by atoms with Crippen LogP contribution in [0.3, 0.4) is 0 Å². The first-order chi connectivity index (χ1) is 12.0. The average Bonchev–Trinajstić information content (AvgIpc) is 3.16. The lowest BCUT2D eigenvalue weighted by Crippen LogP contribution is -2.57. The quantitative estimate of drug-likeness (QED) is 0.820. The van der Waals surface area contributed by atoms with Gasteiger partial charge in [0.1, 0.15) is 6.61 Å². The number of piperazine rings is 1. The second kappa shape index (κ2) is 6.52. The Labute approximate surface area is 152 Å².